The summed E-state index contributed by atoms with van der Waals surface area (Å²) in [5.41, 5.74) is 0. The summed E-state index contributed by atoms with van der Waals surface area (Å²) in [6.45, 7) is 3.62. The van der Waals surface area contributed by atoms with E-state index >= 15 is 0 Å². The van der Waals surface area contributed by atoms with Crippen LogP contribution in [-0.2, 0) is 38.3 Å². The number of rotatable bonds is 35. The van der Waals surface area contributed by atoms with Gasteiger partial charge in [0.15, 0.2) is 6.29 Å². The number of carbonyl (C=O) groups is 1. The predicted molar refractivity (Wildman–Crippen MR) is 229 cm³/mol. The van der Waals surface area contributed by atoms with Gasteiger partial charge in [-0.05, 0) is 70.6 Å². The highest BCUT2D eigenvalue weighted by Gasteiger charge is 2.48. The van der Waals surface area contributed by atoms with Crippen LogP contribution in [0.1, 0.15) is 129 Å². The first-order valence-electron chi connectivity index (χ1n) is 21.3. The second-order valence-electron chi connectivity index (χ2n) is 14.2. The van der Waals surface area contributed by atoms with Crippen molar-refractivity contribution in [2.24, 2.45) is 0 Å². The number of hydrogen-bond donors (Lipinski definition) is 4. The lowest BCUT2D eigenvalue weighted by molar-refractivity contribution is -0.301. The van der Waals surface area contributed by atoms with Crippen molar-refractivity contribution in [1.82, 2.24) is 0 Å². The molecule has 0 aromatic heterocycles. The van der Waals surface area contributed by atoms with Crippen molar-refractivity contribution in [3.05, 3.63) is 85.1 Å². The van der Waals surface area contributed by atoms with Crippen LogP contribution in [0.5, 0.6) is 0 Å². The molecule has 4 N–H and O–H groups in total. The highest BCUT2D eigenvalue weighted by atomic mass is 32.3. The molecule has 0 aromatic carbocycles. The van der Waals surface area contributed by atoms with Gasteiger partial charge in [0, 0.05) is 13.0 Å². The van der Waals surface area contributed by atoms with E-state index in [4.69, 9.17) is 23.5 Å². The molecule has 332 valence electrons. The molecule has 0 saturated carbocycles. The van der Waals surface area contributed by atoms with Gasteiger partial charge in [-0.3, -0.25) is 9.35 Å². The summed E-state index contributed by atoms with van der Waals surface area (Å²) in [5, 5.41) is 30.6. The first kappa shape index (κ1) is 53.3. The van der Waals surface area contributed by atoms with E-state index in [0.717, 1.165) is 77.0 Å². The van der Waals surface area contributed by atoms with Gasteiger partial charge in [0.05, 0.1) is 19.8 Å². The van der Waals surface area contributed by atoms with E-state index in [1.807, 2.05) is 12.2 Å². The van der Waals surface area contributed by atoms with Crippen LogP contribution in [0.25, 0.3) is 0 Å². The lowest BCUT2D eigenvalue weighted by atomic mass is 9.99. The Morgan fingerprint density at radius 1 is 0.655 bits per heavy atom. The maximum Gasteiger partial charge on any atom is 0.397 e. The van der Waals surface area contributed by atoms with Crippen molar-refractivity contribution >= 4 is 16.4 Å². The maximum absolute atomic E-state index is 12.8. The second kappa shape index (κ2) is 36.2. The third-order valence-electron chi connectivity index (χ3n) is 9.03. The summed E-state index contributed by atoms with van der Waals surface area (Å²) in [7, 11) is -5.07. The zero-order valence-electron chi connectivity index (χ0n) is 35.1. The molecule has 1 saturated heterocycles. The quantitative estimate of drug-likeness (QED) is 0.0207. The summed E-state index contributed by atoms with van der Waals surface area (Å²) in [6, 6.07) is 0. The number of carbonyl (C=O) groups excluding carboxylic acids is 1. The van der Waals surface area contributed by atoms with E-state index < -0.39 is 59.8 Å². The number of aliphatic hydroxyl groups excluding tert-OH is 3. The summed E-state index contributed by atoms with van der Waals surface area (Å²) >= 11 is 0. The highest BCUT2D eigenvalue weighted by molar-refractivity contribution is 7.80. The largest absolute Gasteiger partial charge is 0.457 e. The predicted octanol–water partition coefficient (Wildman–Crippen LogP) is 8.51. The zero-order valence-corrected chi connectivity index (χ0v) is 35.9. The molecule has 0 aliphatic carbocycles. The standard InChI is InChI=1S/C45H74O12S/c1-3-5-7-9-11-13-15-17-18-19-20-21-23-25-27-29-31-33-35-53-37-39(38-54-45-43(49)44(57-58(50,51)52)42(48)40(36-46)56-45)55-41(47)34-32-30-28-26-24-22-16-14-12-10-8-6-4-2/h5-8,11-14,17-18,22,24,28,30,39-40,42-46,48-49H,3-4,9-10,15-16,19-21,23,25-27,29,31-38H2,1-2H3,(H,50,51,52)/b7-5-,8-6-,13-11-,14-12-,18-17-,24-22-,30-28-. The Labute approximate surface area is 349 Å². The molecule has 6 unspecified atom stereocenters. The monoisotopic (exact) mass is 838 g/mol. The van der Waals surface area contributed by atoms with Crippen molar-refractivity contribution in [2.75, 3.05) is 26.4 Å². The fourth-order valence-electron chi connectivity index (χ4n) is 5.88. The molecule has 0 radical (unpaired) electrons. The topological polar surface area (TPSA) is 178 Å². The highest BCUT2D eigenvalue weighted by Crippen LogP contribution is 2.26. The number of ether oxygens (including phenoxy) is 4. The summed E-state index contributed by atoms with van der Waals surface area (Å²) in [6.07, 6.45) is 37.8. The van der Waals surface area contributed by atoms with Gasteiger partial charge in [-0.15, -0.1) is 0 Å². The van der Waals surface area contributed by atoms with Gasteiger partial charge in [0.1, 0.15) is 30.5 Å². The number of hydrogen-bond acceptors (Lipinski definition) is 11. The molecule has 1 aliphatic rings. The Morgan fingerprint density at radius 3 is 1.66 bits per heavy atom. The van der Waals surface area contributed by atoms with Crippen molar-refractivity contribution in [3.8, 4) is 0 Å². The summed E-state index contributed by atoms with van der Waals surface area (Å²) in [4.78, 5) is 12.8. The van der Waals surface area contributed by atoms with Gasteiger partial charge in [-0.25, -0.2) is 4.18 Å². The van der Waals surface area contributed by atoms with E-state index in [9.17, 15) is 28.5 Å². The Hall–Kier alpha value is -2.72. The molecule has 0 bridgehead atoms. The second-order valence-corrected chi connectivity index (χ2v) is 15.2. The minimum absolute atomic E-state index is 0.00341. The Balaban J connectivity index is 2.49. The van der Waals surface area contributed by atoms with E-state index in [1.54, 1.807) is 0 Å². The van der Waals surface area contributed by atoms with Crippen LogP contribution in [0.3, 0.4) is 0 Å². The lowest BCUT2D eigenvalue weighted by Gasteiger charge is -2.41. The van der Waals surface area contributed by atoms with Crippen LogP contribution in [0.4, 0.5) is 0 Å². The molecule has 58 heavy (non-hydrogen) atoms. The molecule has 13 heteroatoms. The number of allylic oxidation sites excluding steroid dienone is 14. The van der Waals surface area contributed by atoms with Crippen molar-refractivity contribution in [3.63, 3.8) is 0 Å². The van der Waals surface area contributed by atoms with Crippen LogP contribution in [0.15, 0.2) is 85.1 Å². The minimum Gasteiger partial charge on any atom is -0.457 e. The van der Waals surface area contributed by atoms with Gasteiger partial charge < -0.3 is 34.3 Å². The van der Waals surface area contributed by atoms with Crippen LogP contribution < -0.4 is 0 Å². The molecule has 1 aliphatic heterocycles. The van der Waals surface area contributed by atoms with Crippen LogP contribution in [0, 0.1) is 0 Å². The molecular weight excluding hydrogens is 765 g/mol. The number of unbranched alkanes of at least 4 members (excludes halogenated alkanes) is 8. The average molecular weight is 839 g/mol. The van der Waals surface area contributed by atoms with Crippen LogP contribution >= 0.6 is 0 Å². The third kappa shape index (κ3) is 29.5. The smallest absolute Gasteiger partial charge is 0.397 e. The fourth-order valence-corrected chi connectivity index (χ4v) is 6.38. The van der Waals surface area contributed by atoms with Gasteiger partial charge in [0.2, 0.25) is 0 Å². The first-order valence-corrected chi connectivity index (χ1v) is 22.7. The van der Waals surface area contributed by atoms with Gasteiger partial charge >= 0.3 is 16.4 Å². The Bertz CT molecular complexity index is 1340. The summed E-state index contributed by atoms with van der Waals surface area (Å²) < 4.78 is 58.8. The minimum atomic E-state index is -5.07. The number of esters is 1. The van der Waals surface area contributed by atoms with E-state index in [0.29, 0.717) is 13.0 Å². The van der Waals surface area contributed by atoms with E-state index in [1.165, 1.54) is 25.7 Å². The van der Waals surface area contributed by atoms with Gasteiger partial charge in [-0.1, -0.05) is 137 Å². The lowest BCUT2D eigenvalue weighted by Crippen LogP contribution is -2.60. The maximum atomic E-state index is 12.8. The molecule has 0 amide bonds. The normalized spacial score (nSPS) is 21.4. The fraction of sp³-hybridized carbons (Fsp3) is 0.667. The molecule has 6 atom stereocenters. The Kier molecular flexibility index (Phi) is 33.2. The molecule has 1 rings (SSSR count). The SMILES string of the molecule is CC/C=C\C/C=C\C/C=C\C/C=C\CCC(=O)OC(COCCCCCCCCCC/C=C\C/C=C\C/C=C\CC)COC1OC(CO)C(O)C(OS(=O)(=O)O)C1O. The molecule has 1 heterocycles. The molecule has 0 aromatic rings. The van der Waals surface area contributed by atoms with Crippen molar-refractivity contribution in [2.45, 2.75) is 166 Å². The van der Waals surface area contributed by atoms with Gasteiger partial charge in [-0.2, -0.15) is 8.42 Å². The molecular formula is C45H74O12S. The van der Waals surface area contributed by atoms with E-state index in [-0.39, 0.29) is 19.6 Å². The average Bonchev–Trinajstić information content (AvgIpc) is 3.19. The number of aliphatic hydroxyl groups is 3. The van der Waals surface area contributed by atoms with E-state index in [2.05, 4.69) is 90.9 Å². The van der Waals surface area contributed by atoms with Crippen molar-refractivity contribution in [1.29, 1.82) is 0 Å². The summed E-state index contributed by atoms with van der Waals surface area (Å²) in [5.74, 6) is -0.486. The third-order valence-corrected chi connectivity index (χ3v) is 9.49. The molecule has 12 nitrogen and oxygen atoms in total. The Morgan fingerprint density at radius 2 is 1.14 bits per heavy atom. The first-order chi connectivity index (χ1) is 28.1. The molecule has 1 fully saturated rings. The molecule has 0 spiro atoms. The van der Waals surface area contributed by atoms with Gasteiger partial charge in [0.25, 0.3) is 0 Å². The van der Waals surface area contributed by atoms with Crippen LogP contribution in [-0.4, -0.2) is 97.5 Å². The van der Waals surface area contributed by atoms with Crippen LogP contribution in [0.2, 0.25) is 0 Å². The van der Waals surface area contributed by atoms with Crippen molar-refractivity contribution < 1.29 is 56.2 Å². The zero-order chi connectivity index (χ0) is 42.5.